The Morgan fingerprint density at radius 3 is 2.29 bits per heavy atom. The molecule has 1 amide bonds. The van der Waals surface area contributed by atoms with Gasteiger partial charge in [0.1, 0.15) is 30.0 Å². The number of esters is 1. The summed E-state index contributed by atoms with van der Waals surface area (Å²) in [5.74, 6) is -8.74. The van der Waals surface area contributed by atoms with E-state index >= 15 is 0 Å². The normalized spacial score (nSPS) is 30.4. The average molecular weight is 813 g/mol. The number of oxime groups is 1. The summed E-state index contributed by atoms with van der Waals surface area (Å²) in [6.45, 7) is 14.9. The van der Waals surface area contributed by atoms with Crippen molar-refractivity contribution >= 4 is 40.3 Å². The lowest BCUT2D eigenvalue weighted by Crippen LogP contribution is -2.46. The maximum Gasteiger partial charge on any atom is 0.312 e. The molecule has 3 heterocycles. The van der Waals surface area contributed by atoms with E-state index in [1.807, 2.05) is 6.92 Å². The van der Waals surface area contributed by atoms with E-state index < -0.39 is 88.8 Å². The van der Waals surface area contributed by atoms with Crippen molar-refractivity contribution in [3.63, 3.8) is 0 Å². The smallest absolute Gasteiger partial charge is 0.312 e. The molecule has 0 fully saturated rings. The van der Waals surface area contributed by atoms with Crippen molar-refractivity contribution in [2.24, 2.45) is 28.8 Å². The van der Waals surface area contributed by atoms with E-state index in [2.05, 4.69) is 10.5 Å². The van der Waals surface area contributed by atoms with Crippen molar-refractivity contribution in [3.05, 3.63) is 52.8 Å². The highest BCUT2D eigenvalue weighted by Crippen LogP contribution is 2.55. The Kier molecular flexibility index (Phi) is 15.0. The number of allylic oxidation sites excluding steroid dienone is 2. The van der Waals surface area contributed by atoms with E-state index in [1.165, 1.54) is 53.2 Å². The minimum absolute atomic E-state index is 0.0252. The number of hydrogen-bond donors (Lipinski definition) is 6. The van der Waals surface area contributed by atoms with Crippen LogP contribution in [-0.2, 0) is 33.4 Å². The van der Waals surface area contributed by atoms with Crippen molar-refractivity contribution in [2.45, 2.75) is 92.5 Å². The molecule has 0 saturated carbocycles. The number of anilines is 1. The first-order chi connectivity index (χ1) is 27.3. The number of carbonyl (C=O) groups excluding carboxylic acids is 3. The summed E-state index contributed by atoms with van der Waals surface area (Å²) >= 11 is 0. The molecule has 2 aromatic carbocycles. The second-order valence-corrected chi connectivity index (χ2v) is 14.9. The van der Waals surface area contributed by atoms with Gasteiger partial charge in [-0.25, -0.2) is 0 Å². The predicted molar refractivity (Wildman–Crippen MR) is 214 cm³/mol. The summed E-state index contributed by atoms with van der Waals surface area (Å²) in [4.78, 5) is 45.5. The molecule has 0 radical (unpaired) electrons. The number of aliphatic hydroxyl groups is 2. The van der Waals surface area contributed by atoms with Crippen molar-refractivity contribution in [1.29, 1.82) is 0 Å². The molecule has 2 aromatic rings. The summed E-state index contributed by atoms with van der Waals surface area (Å²) in [5, 5.41) is 63.7. The lowest BCUT2D eigenvalue weighted by Gasteiger charge is -2.38. The zero-order valence-corrected chi connectivity index (χ0v) is 34.6. The van der Waals surface area contributed by atoms with E-state index in [-0.39, 0.29) is 57.7 Å². The molecule has 3 aliphatic heterocycles. The van der Waals surface area contributed by atoms with Gasteiger partial charge in [0.2, 0.25) is 0 Å². The fourth-order valence-electron chi connectivity index (χ4n) is 7.26. The number of hydrogen-bond acceptors (Lipinski definition) is 15. The summed E-state index contributed by atoms with van der Waals surface area (Å²) in [6, 6.07) is 0. The Labute approximate surface area is 337 Å². The number of ketones is 1. The van der Waals surface area contributed by atoms with E-state index in [1.54, 1.807) is 39.8 Å². The number of fused-ring (bicyclic) bond motifs is 14. The van der Waals surface area contributed by atoms with Crippen LogP contribution >= 0.6 is 0 Å². The van der Waals surface area contributed by atoms with E-state index in [0.29, 0.717) is 6.61 Å². The van der Waals surface area contributed by atoms with Gasteiger partial charge >= 0.3 is 11.8 Å². The molecule has 0 aliphatic carbocycles. The van der Waals surface area contributed by atoms with E-state index in [0.717, 1.165) is 6.21 Å². The number of phenols is 3. The highest BCUT2D eigenvalue weighted by Gasteiger charge is 2.50. The van der Waals surface area contributed by atoms with Crippen LogP contribution in [0.25, 0.3) is 10.8 Å². The Morgan fingerprint density at radius 1 is 0.966 bits per heavy atom. The number of carbonyl (C=O) groups is 3. The minimum Gasteiger partial charge on any atom is -0.507 e. The molecule has 0 spiro atoms. The van der Waals surface area contributed by atoms with Crippen LogP contribution in [0.5, 0.6) is 23.0 Å². The van der Waals surface area contributed by atoms with Crippen LogP contribution in [0.4, 0.5) is 5.69 Å². The SMILES string of the molecule is CCOCCO/N=C/c1c2c(O)c3c(O)c(C)c4c(c3c1O)C(=O)[C@@](C)(O/C=C/[C@H](OC)[C@@H](C)[C@@H](OC(C)=O)[C@H](C)[C@H](O)[C@H](C)[C@@H](O)[C@@H](C)/C=C/C=C(/C)C(=O)N2)O4. The van der Waals surface area contributed by atoms with Gasteiger partial charge in [-0.15, -0.1) is 0 Å². The fourth-order valence-corrected chi connectivity index (χ4v) is 7.26. The van der Waals surface area contributed by atoms with Gasteiger partial charge in [-0.3, -0.25) is 14.4 Å². The Bertz CT molecular complexity index is 1990. The molecule has 0 saturated heterocycles. The zero-order chi connectivity index (χ0) is 43.2. The van der Waals surface area contributed by atoms with Crippen molar-refractivity contribution in [2.75, 3.05) is 32.2 Å². The molecule has 16 heteroatoms. The van der Waals surface area contributed by atoms with Gasteiger partial charge in [-0.1, -0.05) is 51.1 Å². The van der Waals surface area contributed by atoms with Gasteiger partial charge in [0.15, 0.2) is 5.75 Å². The number of phenolic OH excluding ortho intramolecular Hbond substituents is 3. The number of rotatable bonds is 8. The number of methoxy groups -OCH3 is 1. The van der Waals surface area contributed by atoms with Crippen molar-refractivity contribution in [1.82, 2.24) is 0 Å². The third-order valence-electron chi connectivity index (χ3n) is 10.8. The largest absolute Gasteiger partial charge is 0.507 e. The second-order valence-electron chi connectivity index (χ2n) is 14.9. The van der Waals surface area contributed by atoms with Crippen LogP contribution in [0.15, 0.2) is 41.3 Å². The number of nitrogens with zero attached hydrogens (tertiary/aromatic N) is 1. The molecule has 5 rings (SSSR count). The summed E-state index contributed by atoms with van der Waals surface area (Å²) in [5.41, 5.74) is -0.688. The summed E-state index contributed by atoms with van der Waals surface area (Å²) < 4.78 is 28.7. The summed E-state index contributed by atoms with van der Waals surface area (Å²) in [6.07, 6.45) is 4.43. The standard InChI is InChI=1S/C42H56N2O14/c1-11-54-17-18-56-43-19-27-32-37(50)30-29(36(27)49)31-39(25(7)35(30)48)58-42(9,40(31)51)55-16-15-28(53-10)22(4)38(57-26(8)45)24(6)34(47)23(5)33(46)20(2)13-12-14-21(3)41(52)44-32/h12-16,19-20,22-24,28,33-34,38,46-50H,11,17-18H2,1-10H3,(H,44,52)/b13-12+,16-15+,21-14-,43-19+/t20-,22+,23+,24+,28-,33-,34+,38+,42-/m0/s1. The lowest BCUT2D eigenvalue weighted by molar-refractivity contribution is -0.160. The van der Waals surface area contributed by atoms with Gasteiger partial charge in [0, 0.05) is 67.8 Å². The third-order valence-corrected chi connectivity index (χ3v) is 10.8. The van der Waals surface area contributed by atoms with Gasteiger partial charge in [-0.2, -0.15) is 0 Å². The van der Waals surface area contributed by atoms with Crippen LogP contribution < -0.4 is 10.1 Å². The van der Waals surface area contributed by atoms with Gasteiger partial charge in [0.25, 0.3) is 11.7 Å². The third kappa shape index (κ3) is 9.25. The molecule has 0 unspecified atom stereocenters. The number of Topliss-reactive ketones (excluding diaryl/α,β-unsaturated/α-hetero) is 1. The van der Waals surface area contributed by atoms with Crippen LogP contribution in [0.3, 0.4) is 0 Å². The van der Waals surface area contributed by atoms with Gasteiger partial charge < -0.3 is 59.4 Å². The quantitative estimate of drug-likeness (QED) is 0.0506. The number of aliphatic hydroxyl groups excluding tert-OH is 2. The van der Waals surface area contributed by atoms with Crippen molar-refractivity contribution in [3.8, 4) is 23.0 Å². The maximum atomic E-state index is 14.3. The first-order valence-electron chi connectivity index (χ1n) is 19.1. The van der Waals surface area contributed by atoms with Crippen LogP contribution in [0, 0.1) is 30.6 Å². The minimum atomic E-state index is -2.07. The number of ether oxygens (including phenoxy) is 5. The number of amides is 1. The van der Waals surface area contributed by atoms with Gasteiger partial charge in [-0.05, 0) is 26.8 Å². The number of aromatic hydroxyl groups is 3. The lowest BCUT2D eigenvalue weighted by atomic mass is 9.78. The molecule has 6 N–H and O–H groups in total. The second kappa shape index (κ2) is 19.1. The first-order valence-corrected chi connectivity index (χ1v) is 19.1. The van der Waals surface area contributed by atoms with Crippen LogP contribution in [-0.4, -0.2) is 107 Å². The van der Waals surface area contributed by atoms with E-state index in [9.17, 15) is 39.9 Å². The molecule has 16 nitrogen and oxygen atoms in total. The summed E-state index contributed by atoms with van der Waals surface area (Å²) in [7, 11) is 1.42. The molecular formula is C42H56N2O14. The molecule has 58 heavy (non-hydrogen) atoms. The van der Waals surface area contributed by atoms with Crippen molar-refractivity contribution < 1.29 is 68.4 Å². The Hall–Kier alpha value is -5.16. The number of benzene rings is 2. The molecule has 0 aromatic heterocycles. The van der Waals surface area contributed by atoms with Crippen LogP contribution in [0.1, 0.15) is 76.9 Å². The monoisotopic (exact) mass is 812 g/mol. The molecule has 9 atom stereocenters. The zero-order valence-electron chi connectivity index (χ0n) is 34.6. The molecule has 3 aliphatic rings. The Morgan fingerprint density at radius 2 is 1.66 bits per heavy atom. The molecular weight excluding hydrogens is 756 g/mol. The van der Waals surface area contributed by atoms with Crippen LogP contribution in [0.2, 0.25) is 0 Å². The predicted octanol–water partition coefficient (Wildman–Crippen LogP) is 5.14. The molecule has 5 bridgehead atoms. The van der Waals surface area contributed by atoms with E-state index in [4.69, 9.17) is 28.5 Å². The maximum absolute atomic E-state index is 14.3. The number of nitrogens with one attached hydrogen (secondary N) is 1. The first kappa shape index (κ1) is 45.5. The molecule has 318 valence electrons. The highest BCUT2D eigenvalue weighted by atomic mass is 16.7. The van der Waals surface area contributed by atoms with Gasteiger partial charge in [0.05, 0.1) is 59.6 Å². The topological polar surface area (TPSA) is 232 Å². The average Bonchev–Trinajstić information content (AvgIpc) is 3.45. The highest BCUT2D eigenvalue weighted by molar-refractivity contribution is 6.23. The Balaban J connectivity index is 1.95. The fraction of sp³-hybridized carbons (Fsp3) is 0.524.